The molecule has 0 aliphatic heterocycles. The van der Waals surface area contributed by atoms with Crippen molar-refractivity contribution in [1.29, 1.82) is 10.5 Å². The first-order valence-corrected chi connectivity index (χ1v) is 3.66. The van der Waals surface area contributed by atoms with E-state index in [4.69, 9.17) is 10.5 Å². The number of hydrogen-bond donors (Lipinski definition) is 0. The van der Waals surface area contributed by atoms with Crippen LogP contribution in [0.4, 0.5) is 0 Å². The number of nitrogens with zero attached hydrogens (tertiary/aromatic N) is 2. The monoisotopic (exact) mass is 168 g/mol. The van der Waals surface area contributed by atoms with Crippen molar-refractivity contribution in [3.63, 3.8) is 0 Å². The second kappa shape index (κ2) is 5.63. The Morgan fingerprint density at radius 3 is 2.23 bits per heavy atom. The van der Waals surface area contributed by atoms with Crippen LogP contribution in [-0.4, -0.2) is 7.85 Å². The van der Waals surface area contributed by atoms with E-state index in [1.165, 1.54) is 6.08 Å². The second-order valence-corrected chi connectivity index (χ2v) is 2.38. The summed E-state index contributed by atoms with van der Waals surface area (Å²) in [5.41, 5.74) is 1.60. The van der Waals surface area contributed by atoms with Crippen LogP contribution in [0.2, 0.25) is 0 Å². The third-order valence-corrected chi connectivity index (χ3v) is 1.45. The topological polar surface area (TPSA) is 47.6 Å². The van der Waals surface area contributed by atoms with Gasteiger partial charge in [-0.05, 0) is 12.2 Å². The molecule has 0 aromatic heterocycles. The quantitative estimate of drug-likeness (QED) is 0.361. The van der Waals surface area contributed by atoms with Crippen molar-refractivity contribution >= 4 is 7.85 Å². The maximum Gasteiger partial charge on any atom is 0.141 e. The summed E-state index contributed by atoms with van der Waals surface area (Å²) in [6.07, 6.45) is 4.66. The molecule has 0 aliphatic carbocycles. The van der Waals surface area contributed by atoms with Gasteiger partial charge in [-0.3, -0.25) is 0 Å². The van der Waals surface area contributed by atoms with Gasteiger partial charge in [0.15, 0.2) is 0 Å². The van der Waals surface area contributed by atoms with Gasteiger partial charge in [-0.1, -0.05) is 24.7 Å². The minimum atomic E-state index is 0.324. The van der Waals surface area contributed by atoms with E-state index in [1.54, 1.807) is 20.0 Å². The highest BCUT2D eigenvalue weighted by Gasteiger charge is 1.93. The fraction of sp³-hybridized carbons (Fsp3) is 0. The van der Waals surface area contributed by atoms with Crippen LogP contribution in [0.3, 0.4) is 0 Å². The standard InChI is InChI=1S/C10H9BN2/c1-3-10(11)9(7-13)5-4-8(2)6-12/h3-5H,1-2,11H2/b5-4-,10-9-. The minimum absolute atomic E-state index is 0.324. The van der Waals surface area contributed by atoms with Crippen molar-refractivity contribution < 1.29 is 0 Å². The molecular formula is C10H9BN2. The lowest BCUT2D eigenvalue weighted by molar-refractivity contribution is 1.48. The van der Waals surface area contributed by atoms with Crippen molar-refractivity contribution in [2.75, 3.05) is 0 Å². The van der Waals surface area contributed by atoms with Gasteiger partial charge in [-0.2, -0.15) is 10.5 Å². The predicted octanol–water partition coefficient (Wildman–Crippen LogP) is 1.22. The molecule has 2 nitrogen and oxygen atoms in total. The first-order chi connectivity index (χ1) is 6.15. The van der Waals surface area contributed by atoms with Crippen LogP contribution < -0.4 is 0 Å². The van der Waals surface area contributed by atoms with Crippen LogP contribution in [0.25, 0.3) is 0 Å². The number of allylic oxidation sites excluding steroid dienone is 6. The van der Waals surface area contributed by atoms with Gasteiger partial charge in [0.05, 0.1) is 12.1 Å². The Morgan fingerprint density at radius 2 is 1.85 bits per heavy atom. The van der Waals surface area contributed by atoms with Gasteiger partial charge in [-0.15, -0.1) is 0 Å². The zero-order chi connectivity index (χ0) is 10.3. The molecular weight excluding hydrogens is 159 g/mol. The van der Waals surface area contributed by atoms with Crippen molar-refractivity contribution in [2.24, 2.45) is 0 Å². The Balaban J connectivity index is 4.81. The molecule has 0 radical (unpaired) electrons. The number of hydrogen-bond acceptors (Lipinski definition) is 2. The predicted molar refractivity (Wildman–Crippen MR) is 55.3 cm³/mol. The Morgan fingerprint density at radius 1 is 1.23 bits per heavy atom. The lowest BCUT2D eigenvalue weighted by Gasteiger charge is -1.92. The van der Waals surface area contributed by atoms with Gasteiger partial charge in [0, 0.05) is 11.1 Å². The molecule has 0 saturated carbocycles. The highest BCUT2D eigenvalue weighted by Crippen LogP contribution is 2.04. The van der Waals surface area contributed by atoms with Crippen molar-refractivity contribution in [3.05, 3.63) is 48.0 Å². The third kappa shape index (κ3) is 3.79. The highest BCUT2D eigenvalue weighted by molar-refractivity contribution is 6.24. The fourth-order valence-electron chi connectivity index (χ4n) is 0.588. The second-order valence-electron chi connectivity index (χ2n) is 2.38. The summed E-state index contributed by atoms with van der Waals surface area (Å²) in [6, 6.07) is 3.87. The number of rotatable bonds is 3. The molecule has 0 rings (SSSR count). The van der Waals surface area contributed by atoms with Crippen LogP contribution in [0.15, 0.2) is 48.0 Å². The van der Waals surface area contributed by atoms with E-state index in [0.717, 1.165) is 5.47 Å². The van der Waals surface area contributed by atoms with Crippen molar-refractivity contribution in [1.82, 2.24) is 0 Å². The average molecular weight is 168 g/mol. The lowest BCUT2D eigenvalue weighted by Crippen LogP contribution is -1.82. The first-order valence-electron chi connectivity index (χ1n) is 3.66. The molecule has 0 atom stereocenters. The summed E-state index contributed by atoms with van der Waals surface area (Å²) in [5, 5.41) is 17.1. The summed E-state index contributed by atoms with van der Waals surface area (Å²) in [6.45, 7) is 7.01. The van der Waals surface area contributed by atoms with Gasteiger partial charge in [0.2, 0.25) is 0 Å². The molecule has 0 heterocycles. The zero-order valence-corrected chi connectivity index (χ0v) is 7.54. The Bertz CT molecular complexity index is 361. The van der Waals surface area contributed by atoms with Gasteiger partial charge in [0.25, 0.3) is 0 Å². The minimum Gasteiger partial charge on any atom is -0.192 e. The summed E-state index contributed by atoms with van der Waals surface area (Å²) in [5.74, 6) is 0. The highest BCUT2D eigenvalue weighted by atomic mass is 14.2. The fourth-order valence-corrected chi connectivity index (χ4v) is 0.588. The van der Waals surface area contributed by atoms with Crippen LogP contribution in [0, 0.1) is 22.7 Å². The maximum absolute atomic E-state index is 8.69. The average Bonchev–Trinajstić information content (AvgIpc) is 2.17. The van der Waals surface area contributed by atoms with Crippen molar-refractivity contribution in [3.8, 4) is 12.1 Å². The Hall–Kier alpha value is -2.00. The SMILES string of the molecule is B/C(C=C)=C(C#N)/C=C\C(=C)C#N. The summed E-state index contributed by atoms with van der Waals surface area (Å²) in [4.78, 5) is 0. The van der Waals surface area contributed by atoms with Crippen LogP contribution >= 0.6 is 0 Å². The molecule has 0 fully saturated rings. The van der Waals surface area contributed by atoms with E-state index < -0.39 is 0 Å². The van der Waals surface area contributed by atoms with E-state index in [0.29, 0.717) is 11.1 Å². The molecule has 0 N–H and O–H groups in total. The van der Waals surface area contributed by atoms with E-state index in [9.17, 15) is 0 Å². The smallest absolute Gasteiger partial charge is 0.141 e. The largest absolute Gasteiger partial charge is 0.192 e. The molecule has 0 aromatic rings. The molecule has 0 aliphatic rings. The van der Waals surface area contributed by atoms with E-state index in [-0.39, 0.29) is 0 Å². The number of nitriles is 2. The van der Waals surface area contributed by atoms with Crippen molar-refractivity contribution in [2.45, 2.75) is 0 Å². The van der Waals surface area contributed by atoms with E-state index in [1.807, 2.05) is 12.1 Å². The van der Waals surface area contributed by atoms with E-state index in [2.05, 4.69) is 13.2 Å². The molecule has 0 amide bonds. The van der Waals surface area contributed by atoms with E-state index >= 15 is 0 Å². The normalized spacial score (nSPS) is 11.2. The molecule has 62 valence electrons. The summed E-state index contributed by atoms with van der Waals surface area (Å²) in [7, 11) is 1.78. The Labute approximate surface area is 79.2 Å². The molecule has 0 aromatic carbocycles. The molecule has 0 saturated heterocycles. The lowest BCUT2D eigenvalue weighted by atomic mass is 9.90. The van der Waals surface area contributed by atoms with Gasteiger partial charge >= 0.3 is 0 Å². The van der Waals surface area contributed by atoms with Gasteiger partial charge in [-0.25, -0.2) is 0 Å². The summed E-state index contributed by atoms with van der Waals surface area (Å²) >= 11 is 0. The van der Waals surface area contributed by atoms with Crippen LogP contribution in [0.5, 0.6) is 0 Å². The Kier molecular flexibility index (Phi) is 4.77. The summed E-state index contributed by atoms with van der Waals surface area (Å²) < 4.78 is 0. The molecule has 13 heavy (non-hydrogen) atoms. The molecule has 0 bridgehead atoms. The van der Waals surface area contributed by atoms with Crippen LogP contribution in [0.1, 0.15) is 0 Å². The van der Waals surface area contributed by atoms with Gasteiger partial charge in [0.1, 0.15) is 7.85 Å². The van der Waals surface area contributed by atoms with Gasteiger partial charge < -0.3 is 0 Å². The maximum atomic E-state index is 8.69. The van der Waals surface area contributed by atoms with Crippen LogP contribution in [-0.2, 0) is 0 Å². The molecule has 0 unspecified atom stereocenters. The molecule has 3 heteroatoms. The molecule has 0 spiro atoms. The zero-order valence-electron chi connectivity index (χ0n) is 7.54. The first kappa shape index (κ1) is 11.0. The third-order valence-electron chi connectivity index (χ3n) is 1.45.